The van der Waals surface area contributed by atoms with Crippen molar-refractivity contribution in [1.29, 1.82) is 0 Å². The third-order valence-electron chi connectivity index (χ3n) is 2.50. The van der Waals surface area contributed by atoms with E-state index >= 15 is 0 Å². The van der Waals surface area contributed by atoms with E-state index in [2.05, 4.69) is 19.9 Å². The second-order valence-corrected chi connectivity index (χ2v) is 5.28. The van der Waals surface area contributed by atoms with Crippen molar-refractivity contribution in [3.63, 3.8) is 0 Å². The van der Waals surface area contributed by atoms with E-state index in [4.69, 9.17) is 4.74 Å². The number of hydrogen-bond donors (Lipinski definition) is 0. The maximum atomic E-state index is 11.9. The Balaban J connectivity index is 2.86. The number of carbonyl (C=O) groups is 1. The molecule has 0 saturated carbocycles. The number of hydrogen-bond acceptors (Lipinski definition) is 2. The van der Waals surface area contributed by atoms with E-state index in [0.717, 1.165) is 18.4 Å². The monoisotopic (exact) mass is 249 g/mol. The van der Waals surface area contributed by atoms with Crippen molar-refractivity contribution in [1.82, 2.24) is 4.57 Å². The van der Waals surface area contributed by atoms with Crippen LogP contribution in [-0.2, 0) is 4.74 Å². The highest BCUT2D eigenvalue weighted by Gasteiger charge is 2.17. The molecule has 3 heteroatoms. The van der Waals surface area contributed by atoms with Crippen molar-refractivity contribution in [2.75, 3.05) is 0 Å². The van der Waals surface area contributed by atoms with E-state index in [9.17, 15) is 4.79 Å². The molecular formula is C15H23NO2. The van der Waals surface area contributed by atoms with Gasteiger partial charge in [-0.05, 0) is 50.8 Å². The van der Waals surface area contributed by atoms with Crippen LogP contribution in [0.5, 0.6) is 0 Å². The molecule has 0 amide bonds. The summed E-state index contributed by atoms with van der Waals surface area (Å²) in [4.78, 5) is 11.9. The van der Waals surface area contributed by atoms with E-state index in [1.807, 2.05) is 33.0 Å². The molecule has 1 aromatic rings. The van der Waals surface area contributed by atoms with Gasteiger partial charge in [-0.25, -0.2) is 4.79 Å². The van der Waals surface area contributed by atoms with Gasteiger partial charge in [0.25, 0.3) is 0 Å². The van der Waals surface area contributed by atoms with Gasteiger partial charge in [-0.1, -0.05) is 19.9 Å². The summed E-state index contributed by atoms with van der Waals surface area (Å²) in [6.07, 6.45) is 7.41. The van der Waals surface area contributed by atoms with Crippen molar-refractivity contribution in [2.45, 2.75) is 53.1 Å². The van der Waals surface area contributed by atoms with Crippen LogP contribution in [0.4, 0.5) is 4.79 Å². The van der Waals surface area contributed by atoms with Gasteiger partial charge in [0.1, 0.15) is 5.60 Å². The minimum atomic E-state index is -0.464. The minimum Gasteiger partial charge on any atom is -0.443 e. The van der Waals surface area contributed by atoms with Gasteiger partial charge in [0.15, 0.2) is 0 Å². The Kier molecular flexibility index (Phi) is 4.76. The highest BCUT2D eigenvalue weighted by atomic mass is 16.6. The predicted octanol–water partition coefficient (Wildman–Crippen LogP) is 4.47. The molecule has 1 rings (SSSR count). The summed E-state index contributed by atoms with van der Waals surface area (Å²) < 4.78 is 6.81. The number of aromatic nitrogens is 1. The minimum absolute atomic E-state index is 0.333. The molecule has 0 atom stereocenters. The third kappa shape index (κ3) is 4.06. The van der Waals surface area contributed by atoms with Crippen LogP contribution in [0.2, 0.25) is 0 Å². The van der Waals surface area contributed by atoms with Crippen LogP contribution in [0.15, 0.2) is 24.5 Å². The normalized spacial score (nSPS) is 12.6. The zero-order valence-electron chi connectivity index (χ0n) is 12.0. The van der Waals surface area contributed by atoms with Crippen LogP contribution < -0.4 is 0 Å². The summed E-state index contributed by atoms with van der Waals surface area (Å²) in [6, 6.07) is 1.95. The number of ether oxygens (including phenoxy) is 1. The van der Waals surface area contributed by atoms with Crippen LogP contribution in [0.1, 0.15) is 53.0 Å². The molecule has 0 N–H and O–H groups in total. The first-order valence-electron chi connectivity index (χ1n) is 6.48. The third-order valence-corrected chi connectivity index (χ3v) is 2.50. The van der Waals surface area contributed by atoms with Crippen LogP contribution in [0.25, 0.3) is 5.57 Å². The Morgan fingerprint density at radius 3 is 2.56 bits per heavy atom. The van der Waals surface area contributed by atoms with Gasteiger partial charge in [0.2, 0.25) is 0 Å². The van der Waals surface area contributed by atoms with Crippen LogP contribution in [0.3, 0.4) is 0 Å². The van der Waals surface area contributed by atoms with Gasteiger partial charge >= 0.3 is 6.09 Å². The first kappa shape index (κ1) is 14.6. The van der Waals surface area contributed by atoms with Gasteiger partial charge in [-0.15, -0.1) is 0 Å². The molecule has 0 unspecified atom stereocenters. The molecule has 0 saturated heterocycles. The smallest absolute Gasteiger partial charge is 0.418 e. The molecule has 0 bridgehead atoms. The number of nitrogens with zero attached hydrogens (tertiary/aromatic N) is 1. The van der Waals surface area contributed by atoms with E-state index in [1.54, 1.807) is 6.20 Å². The quantitative estimate of drug-likeness (QED) is 0.791. The van der Waals surface area contributed by atoms with Crippen LogP contribution >= 0.6 is 0 Å². The Morgan fingerprint density at radius 1 is 1.39 bits per heavy atom. The van der Waals surface area contributed by atoms with Gasteiger partial charge in [0.05, 0.1) is 0 Å². The van der Waals surface area contributed by atoms with E-state index < -0.39 is 5.60 Å². The molecule has 0 spiro atoms. The van der Waals surface area contributed by atoms with E-state index in [0.29, 0.717) is 0 Å². The fraction of sp³-hybridized carbons (Fsp3) is 0.533. The zero-order valence-corrected chi connectivity index (χ0v) is 12.0. The molecule has 0 aliphatic heterocycles. The number of allylic oxidation sites excluding steroid dienone is 2. The summed E-state index contributed by atoms with van der Waals surface area (Å²) in [7, 11) is 0. The van der Waals surface area contributed by atoms with Gasteiger partial charge in [-0.3, -0.25) is 4.57 Å². The molecule has 0 aliphatic rings. The summed E-state index contributed by atoms with van der Waals surface area (Å²) >= 11 is 0. The Bertz CT molecular complexity index is 436. The first-order chi connectivity index (χ1) is 8.37. The summed E-state index contributed by atoms with van der Waals surface area (Å²) in [5, 5.41) is 0. The molecule has 3 nitrogen and oxygen atoms in total. The predicted molar refractivity (Wildman–Crippen MR) is 74.6 cm³/mol. The SMILES string of the molecule is CC/C=C(\CC)c1ccn(C(=O)OC(C)(C)C)c1. The Hall–Kier alpha value is -1.51. The molecule has 0 aromatic carbocycles. The molecule has 0 radical (unpaired) electrons. The fourth-order valence-corrected chi connectivity index (χ4v) is 1.73. The second kappa shape index (κ2) is 5.89. The van der Waals surface area contributed by atoms with Crippen LogP contribution in [0, 0.1) is 0 Å². The zero-order chi connectivity index (χ0) is 13.8. The van der Waals surface area contributed by atoms with Crippen molar-refractivity contribution in [2.24, 2.45) is 0 Å². The number of carbonyl (C=O) groups excluding carboxylic acids is 1. The van der Waals surface area contributed by atoms with Gasteiger partial charge in [-0.2, -0.15) is 0 Å². The van der Waals surface area contributed by atoms with Gasteiger partial charge < -0.3 is 4.74 Å². The molecule has 100 valence electrons. The van der Waals surface area contributed by atoms with Crippen molar-refractivity contribution in [3.8, 4) is 0 Å². The van der Waals surface area contributed by atoms with Crippen molar-refractivity contribution >= 4 is 11.7 Å². The average molecular weight is 249 g/mol. The lowest BCUT2D eigenvalue weighted by atomic mass is 10.1. The average Bonchev–Trinajstić information content (AvgIpc) is 2.72. The molecule has 0 fully saturated rings. The summed E-state index contributed by atoms with van der Waals surface area (Å²) in [5.74, 6) is 0. The lowest BCUT2D eigenvalue weighted by molar-refractivity contribution is 0.0537. The van der Waals surface area contributed by atoms with Crippen molar-refractivity contribution in [3.05, 3.63) is 30.1 Å². The van der Waals surface area contributed by atoms with E-state index in [-0.39, 0.29) is 6.09 Å². The number of rotatable bonds is 3. The Labute approximate surface area is 109 Å². The maximum absolute atomic E-state index is 11.9. The largest absolute Gasteiger partial charge is 0.443 e. The van der Waals surface area contributed by atoms with E-state index in [1.165, 1.54) is 10.1 Å². The standard InChI is InChI=1S/C15H23NO2/c1-6-8-12(7-2)13-9-10-16(11-13)14(17)18-15(3,4)5/h8-11H,6-7H2,1-5H3/b12-8+. The summed E-state index contributed by atoms with van der Waals surface area (Å²) in [6.45, 7) is 9.82. The van der Waals surface area contributed by atoms with Crippen molar-refractivity contribution < 1.29 is 9.53 Å². The molecular weight excluding hydrogens is 226 g/mol. The molecule has 1 aromatic heterocycles. The summed E-state index contributed by atoms with van der Waals surface area (Å²) in [5.41, 5.74) is 1.89. The first-order valence-corrected chi connectivity index (χ1v) is 6.48. The molecule has 1 heterocycles. The highest BCUT2D eigenvalue weighted by molar-refractivity contribution is 5.74. The van der Waals surface area contributed by atoms with Gasteiger partial charge in [0, 0.05) is 12.4 Å². The second-order valence-electron chi connectivity index (χ2n) is 5.28. The molecule has 18 heavy (non-hydrogen) atoms. The lowest BCUT2D eigenvalue weighted by Crippen LogP contribution is -2.26. The topological polar surface area (TPSA) is 31.2 Å². The lowest BCUT2D eigenvalue weighted by Gasteiger charge is -2.19. The Morgan fingerprint density at radius 2 is 2.06 bits per heavy atom. The fourth-order valence-electron chi connectivity index (χ4n) is 1.73. The maximum Gasteiger partial charge on any atom is 0.418 e. The highest BCUT2D eigenvalue weighted by Crippen LogP contribution is 2.19. The van der Waals surface area contributed by atoms with Crippen LogP contribution in [-0.4, -0.2) is 16.3 Å². The molecule has 0 aliphatic carbocycles.